The van der Waals surface area contributed by atoms with Crippen molar-refractivity contribution in [3.05, 3.63) is 56.8 Å². The predicted molar refractivity (Wildman–Crippen MR) is 105 cm³/mol. The number of aryl methyl sites for hydroxylation is 1. The van der Waals surface area contributed by atoms with Crippen LogP contribution < -0.4 is 0 Å². The van der Waals surface area contributed by atoms with Crippen LogP contribution in [0.1, 0.15) is 75.6 Å². The number of ether oxygens (including phenoxy) is 1. The summed E-state index contributed by atoms with van der Waals surface area (Å²) in [5.74, 6) is 0.594. The Labute approximate surface area is 159 Å². The van der Waals surface area contributed by atoms with Crippen molar-refractivity contribution in [1.29, 1.82) is 0 Å². The Kier molecular flexibility index (Phi) is 5.92. The predicted octanol–water partition coefficient (Wildman–Crippen LogP) is 5.43. The molecule has 3 nitrogen and oxygen atoms in total. The fraction of sp³-hybridized carbons (Fsp3) is 0.455. The first-order valence-electron chi connectivity index (χ1n) is 9.39. The fourth-order valence-electron chi connectivity index (χ4n) is 3.33. The van der Waals surface area contributed by atoms with E-state index in [-0.39, 0.29) is 18.4 Å². The first-order chi connectivity index (χ1) is 12.5. The number of esters is 1. The van der Waals surface area contributed by atoms with Gasteiger partial charge >= 0.3 is 5.97 Å². The summed E-state index contributed by atoms with van der Waals surface area (Å²) < 4.78 is 5.27. The fourth-order valence-corrected chi connectivity index (χ4v) is 4.43. The van der Waals surface area contributed by atoms with E-state index in [9.17, 15) is 9.59 Å². The molecule has 0 saturated heterocycles. The summed E-state index contributed by atoms with van der Waals surface area (Å²) >= 11 is 1.51. The molecular formula is C22H26O3S. The highest BCUT2D eigenvalue weighted by Crippen LogP contribution is 2.32. The molecule has 1 aromatic carbocycles. The third-order valence-corrected chi connectivity index (χ3v) is 6.50. The van der Waals surface area contributed by atoms with Crippen LogP contribution in [0.15, 0.2) is 30.3 Å². The summed E-state index contributed by atoms with van der Waals surface area (Å²) in [5.41, 5.74) is 3.08. The van der Waals surface area contributed by atoms with Crippen LogP contribution in [0.4, 0.5) is 0 Å². The Morgan fingerprint density at radius 3 is 2.69 bits per heavy atom. The molecule has 0 N–H and O–H groups in total. The SMILES string of the molecule is CC[C@H](C)c1ccc(C(=O)COC(=O)c2cc3c(s2)CC[C@@H](C)C3)cc1. The van der Waals surface area contributed by atoms with Gasteiger partial charge < -0.3 is 4.74 Å². The molecule has 1 aliphatic rings. The Morgan fingerprint density at radius 1 is 1.27 bits per heavy atom. The Bertz CT molecular complexity index is 788. The second-order valence-corrected chi connectivity index (χ2v) is 8.47. The zero-order valence-corrected chi connectivity index (χ0v) is 16.5. The van der Waals surface area contributed by atoms with Crippen molar-refractivity contribution >= 4 is 23.1 Å². The zero-order valence-electron chi connectivity index (χ0n) is 15.7. The van der Waals surface area contributed by atoms with Gasteiger partial charge in [0.2, 0.25) is 0 Å². The second kappa shape index (κ2) is 8.17. The molecule has 26 heavy (non-hydrogen) atoms. The number of carbonyl (C=O) groups is 2. The highest BCUT2D eigenvalue weighted by Gasteiger charge is 2.22. The average Bonchev–Trinajstić information content (AvgIpc) is 3.08. The first-order valence-corrected chi connectivity index (χ1v) is 10.2. The smallest absolute Gasteiger partial charge is 0.348 e. The van der Waals surface area contributed by atoms with E-state index < -0.39 is 0 Å². The number of benzene rings is 1. The van der Waals surface area contributed by atoms with E-state index in [2.05, 4.69) is 20.8 Å². The van der Waals surface area contributed by atoms with E-state index in [4.69, 9.17) is 4.74 Å². The van der Waals surface area contributed by atoms with Gasteiger partial charge in [-0.15, -0.1) is 11.3 Å². The van der Waals surface area contributed by atoms with E-state index in [1.807, 2.05) is 30.3 Å². The van der Waals surface area contributed by atoms with Gasteiger partial charge in [-0.25, -0.2) is 4.79 Å². The summed E-state index contributed by atoms with van der Waals surface area (Å²) in [6, 6.07) is 9.56. The number of Topliss-reactive ketones (excluding diaryl/α,β-unsaturated/α-hetero) is 1. The van der Waals surface area contributed by atoms with Gasteiger partial charge in [-0.2, -0.15) is 0 Å². The minimum Gasteiger partial charge on any atom is -0.453 e. The lowest BCUT2D eigenvalue weighted by Crippen LogP contribution is -2.13. The van der Waals surface area contributed by atoms with E-state index >= 15 is 0 Å². The second-order valence-electron chi connectivity index (χ2n) is 7.34. The lowest BCUT2D eigenvalue weighted by Gasteiger charge is -2.16. The van der Waals surface area contributed by atoms with Crippen LogP contribution in [-0.4, -0.2) is 18.4 Å². The summed E-state index contributed by atoms with van der Waals surface area (Å²) in [5, 5.41) is 0. The summed E-state index contributed by atoms with van der Waals surface area (Å²) in [6.45, 7) is 6.34. The molecule has 0 unspecified atom stereocenters. The highest BCUT2D eigenvalue weighted by atomic mass is 32.1. The molecule has 0 aliphatic heterocycles. The maximum atomic E-state index is 12.3. The van der Waals surface area contributed by atoms with Gasteiger partial charge in [-0.1, -0.05) is 45.0 Å². The average molecular weight is 371 g/mol. The third-order valence-electron chi connectivity index (χ3n) is 5.28. The van der Waals surface area contributed by atoms with Crippen LogP contribution in [0.5, 0.6) is 0 Å². The first kappa shape index (κ1) is 18.8. The van der Waals surface area contributed by atoms with Crippen molar-refractivity contribution in [3.63, 3.8) is 0 Å². The monoisotopic (exact) mass is 370 g/mol. The molecule has 0 bridgehead atoms. The molecule has 3 rings (SSSR count). The standard InChI is InChI=1S/C22H26O3S/c1-4-15(3)16-6-8-17(9-7-16)19(23)13-25-22(24)21-12-18-11-14(2)5-10-20(18)26-21/h6-9,12,14-15H,4-5,10-11,13H2,1-3H3/t14-,15+/m1/s1. The molecule has 4 heteroatoms. The number of rotatable bonds is 6. The third kappa shape index (κ3) is 4.24. The van der Waals surface area contributed by atoms with Crippen molar-refractivity contribution in [2.75, 3.05) is 6.61 Å². The van der Waals surface area contributed by atoms with Gasteiger partial charge in [-0.05, 0) is 54.7 Å². The van der Waals surface area contributed by atoms with Crippen LogP contribution >= 0.6 is 11.3 Å². The molecule has 1 aromatic heterocycles. The van der Waals surface area contributed by atoms with Crippen molar-refractivity contribution in [2.45, 2.75) is 52.4 Å². The van der Waals surface area contributed by atoms with E-state index in [1.54, 1.807) is 0 Å². The molecule has 2 atom stereocenters. The number of carbonyl (C=O) groups excluding carboxylic acids is 2. The van der Waals surface area contributed by atoms with Crippen molar-refractivity contribution < 1.29 is 14.3 Å². The van der Waals surface area contributed by atoms with Gasteiger partial charge in [0.25, 0.3) is 0 Å². The van der Waals surface area contributed by atoms with Crippen LogP contribution in [0.2, 0.25) is 0 Å². The molecule has 0 saturated carbocycles. The summed E-state index contributed by atoms with van der Waals surface area (Å²) in [4.78, 5) is 26.5. The molecule has 0 amide bonds. The number of fused-ring (bicyclic) bond motifs is 1. The lowest BCUT2D eigenvalue weighted by molar-refractivity contribution is 0.0479. The topological polar surface area (TPSA) is 43.4 Å². The molecule has 2 aromatic rings. The Hall–Kier alpha value is -1.94. The van der Waals surface area contributed by atoms with Crippen molar-refractivity contribution in [3.8, 4) is 0 Å². The molecule has 138 valence electrons. The maximum absolute atomic E-state index is 12.3. The van der Waals surface area contributed by atoms with Crippen LogP contribution in [0, 0.1) is 5.92 Å². The zero-order chi connectivity index (χ0) is 18.7. The number of ketones is 1. The van der Waals surface area contributed by atoms with Gasteiger partial charge in [0.15, 0.2) is 12.4 Å². The normalized spacial score (nSPS) is 17.4. The quantitative estimate of drug-likeness (QED) is 0.503. The van der Waals surface area contributed by atoms with Gasteiger partial charge in [0.1, 0.15) is 4.88 Å². The number of hydrogen-bond donors (Lipinski definition) is 0. The van der Waals surface area contributed by atoms with E-state index in [0.29, 0.717) is 22.3 Å². The van der Waals surface area contributed by atoms with Crippen molar-refractivity contribution in [2.24, 2.45) is 5.92 Å². The minimum atomic E-state index is -0.387. The molecular weight excluding hydrogens is 344 g/mol. The molecule has 0 fully saturated rings. The Balaban J connectivity index is 1.58. The minimum absolute atomic E-state index is 0.163. The van der Waals surface area contributed by atoms with E-state index in [0.717, 1.165) is 19.3 Å². The van der Waals surface area contributed by atoms with E-state index in [1.165, 1.54) is 33.8 Å². The molecule has 1 heterocycles. The summed E-state index contributed by atoms with van der Waals surface area (Å²) in [6.07, 6.45) is 4.30. The van der Waals surface area contributed by atoms with Crippen LogP contribution in [-0.2, 0) is 17.6 Å². The van der Waals surface area contributed by atoms with Gasteiger partial charge in [0, 0.05) is 10.4 Å². The number of hydrogen-bond acceptors (Lipinski definition) is 4. The Morgan fingerprint density at radius 2 is 2.00 bits per heavy atom. The number of thiophene rings is 1. The van der Waals surface area contributed by atoms with Crippen LogP contribution in [0.3, 0.4) is 0 Å². The molecule has 0 radical (unpaired) electrons. The van der Waals surface area contributed by atoms with Gasteiger partial charge in [-0.3, -0.25) is 4.79 Å². The lowest BCUT2D eigenvalue weighted by atomic mass is 9.90. The summed E-state index contributed by atoms with van der Waals surface area (Å²) in [7, 11) is 0. The molecule has 0 spiro atoms. The van der Waals surface area contributed by atoms with Gasteiger partial charge in [0.05, 0.1) is 0 Å². The van der Waals surface area contributed by atoms with Crippen molar-refractivity contribution in [1.82, 2.24) is 0 Å². The largest absolute Gasteiger partial charge is 0.453 e. The van der Waals surface area contributed by atoms with Crippen LogP contribution in [0.25, 0.3) is 0 Å². The highest BCUT2D eigenvalue weighted by molar-refractivity contribution is 7.14. The molecule has 1 aliphatic carbocycles. The maximum Gasteiger partial charge on any atom is 0.348 e.